The van der Waals surface area contributed by atoms with Gasteiger partial charge < -0.3 is 14.8 Å². The number of nitrogens with zero attached hydrogens (tertiary/aromatic N) is 2. The average Bonchev–Trinajstić information content (AvgIpc) is 3.27. The van der Waals surface area contributed by atoms with Crippen LogP contribution in [0.3, 0.4) is 0 Å². The maximum Gasteiger partial charge on any atom is 0.256 e. The first-order chi connectivity index (χ1) is 16.4. The molecule has 0 aliphatic rings. The Hall–Kier alpha value is -4.13. The standard InChI is InChI=1S/C27H26FN3O3/c1-18-8-9-19(2)25(14-18)34-17-22-15-20(10-11-24(22)33-3)27(32)29-26-12-13-31(30-26)16-21-6-4-5-7-23(21)28/h4-15H,16-17H2,1-3H3,(H,29,30,32). The summed E-state index contributed by atoms with van der Waals surface area (Å²) >= 11 is 0. The summed E-state index contributed by atoms with van der Waals surface area (Å²) in [6, 6.07) is 19.4. The lowest BCUT2D eigenvalue weighted by atomic mass is 10.1. The van der Waals surface area contributed by atoms with Crippen LogP contribution in [-0.4, -0.2) is 22.8 Å². The molecule has 0 bridgehead atoms. The van der Waals surface area contributed by atoms with Crippen LogP contribution in [0, 0.1) is 19.7 Å². The molecule has 174 valence electrons. The van der Waals surface area contributed by atoms with Gasteiger partial charge in [-0.25, -0.2) is 4.39 Å². The summed E-state index contributed by atoms with van der Waals surface area (Å²) in [6.07, 6.45) is 1.69. The number of nitrogens with one attached hydrogen (secondary N) is 1. The van der Waals surface area contributed by atoms with Gasteiger partial charge in [0.15, 0.2) is 5.82 Å². The lowest BCUT2D eigenvalue weighted by Crippen LogP contribution is -2.14. The number of hydrogen-bond donors (Lipinski definition) is 1. The lowest BCUT2D eigenvalue weighted by Gasteiger charge is -2.14. The molecule has 0 atom stereocenters. The second kappa shape index (κ2) is 10.2. The number of benzene rings is 3. The number of rotatable bonds is 8. The van der Waals surface area contributed by atoms with Gasteiger partial charge in [-0.3, -0.25) is 9.48 Å². The van der Waals surface area contributed by atoms with Crippen LogP contribution in [0.15, 0.2) is 72.9 Å². The maximum absolute atomic E-state index is 13.9. The zero-order valence-corrected chi connectivity index (χ0v) is 19.3. The van der Waals surface area contributed by atoms with E-state index >= 15 is 0 Å². The summed E-state index contributed by atoms with van der Waals surface area (Å²) in [7, 11) is 1.58. The molecule has 1 amide bonds. The van der Waals surface area contributed by atoms with Crippen LogP contribution in [0.5, 0.6) is 11.5 Å². The van der Waals surface area contributed by atoms with Gasteiger partial charge in [0.1, 0.15) is 23.9 Å². The Bertz CT molecular complexity index is 1320. The molecule has 0 aliphatic heterocycles. The van der Waals surface area contributed by atoms with E-state index in [-0.39, 0.29) is 24.9 Å². The highest BCUT2D eigenvalue weighted by Gasteiger charge is 2.13. The van der Waals surface area contributed by atoms with E-state index in [1.54, 1.807) is 60.5 Å². The molecule has 0 aliphatic carbocycles. The van der Waals surface area contributed by atoms with Gasteiger partial charge in [-0.05, 0) is 55.3 Å². The monoisotopic (exact) mass is 459 g/mol. The van der Waals surface area contributed by atoms with Gasteiger partial charge in [0.2, 0.25) is 0 Å². The molecule has 4 rings (SSSR count). The molecule has 7 heteroatoms. The average molecular weight is 460 g/mol. The van der Waals surface area contributed by atoms with Crippen LogP contribution >= 0.6 is 0 Å². The molecular formula is C27H26FN3O3. The Morgan fingerprint density at radius 1 is 1.00 bits per heavy atom. The Morgan fingerprint density at radius 3 is 2.62 bits per heavy atom. The Labute approximate surface area is 198 Å². The maximum atomic E-state index is 13.9. The summed E-state index contributed by atoms with van der Waals surface area (Å²) in [5.74, 6) is 1.20. The van der Waals surface area contributed by atoms with E-state index in [1.165, 1.54) is 6.07 Å². The van der Waals surface area contributed by atoms with Gasteiger partial charge in [0, 0.05) is 29.0 Å². The van der Waals surface area contributed by atoms with Crippen molar-refractivity contribution in [2.75, 3.05) is 12.4 Å². The van der Waals surface area contributed by atoms with Crippen molar-refractivity contribution in [3.63, 3.8) is 0 Å². The summed E-state index contributed by atoms with van der Waals surface area (Å²) in [5, 5.41) is 7.12. The number of methoxy groups -OCH3 is 1. The van der Waals surface area contributed by atoms with Crippen molar-refractivity contribution in [3.05, 3.63) is 107 Å². The summed E-state index contributed by atoms with van der Waals surface area (Å²) in [5.41, 5.74) is 3.86. The zero-order valence-electron chi connectivity index (χ0n) is 19.3. The molecule has 0 saturated heterocycles. The first-order valence-corrected chi connectivity index (χ1v) is 10.9. The van der Waals surface area contributed by atoms with Crippen molar-refractivity contribution in [1.82, 2.24) is 9.78 Å². The minimum atomic E-state index is -0.313. The van der Waals surface area contributed by atoms with Crippen molar-refractivity contribution in [3.8, 4) is 11.5 Å². The molecule has 3 aromatic carbocycles. The highest BCUT2D eigenvalue weighted by atomic mass is 19.1. The largest absolute Gasteiger partial charge is 0.496 e. The number of ether oxygens (including phenoxy) is 2. The van der Waals surface area contributed by atoms with Crippen LogP contribution in [0.2, 0.25) is 0 Å². The molecule has 0 fully saturated rings. The fraction of sp³-hybridized carbons (Fsp3) is 0.185. The molecule has 0 unspecified atom stereocenters. The number of aromatic nitrogens is 2. The van der Waals surface area contributed by atoms with Crippen molar-refractivity contribution in [2.45, 2.75) is 27.0 Å². The molecule has 1 N–H and O–H groups in total. The molecule has 0 radical (unpaired) electrons. The van der Waals surface area contributed by atoms with E-state index in [4.69, 9.17) is 9.47 Å². The van der Waals surface area contributed by atoms with E-state index in [2.05, 4.69) is 10.4 Å². The normalized spacial score (nSPS) is 10.7. The van der Waals surface area contributed by atoms with Crippen LogP contribution in [0.4, 0.5) is 10.2 Å². The fourth-order valence-electron chi connectivity index (χ4n) is 3.56. The molecule has 0 spiro atoms. The SMILES string of the molecule is COc1ccc(C(=O)Nc2ccn(Cc3ccccc3F)n2)cc1COc1cc(C)ccc1C. The van der Waals surface area contributed by atoms with Crippen molar-refractivity contribution < 1.29 is 18.7 Å². The van der Waals surface area contributed by atoms with Crippen LogP contribution in [-0.2, 0) is 13.2 Å². The number of amides is 1. The molecule has 1 heterocycles. The first kappa shape index (κ1) is 23.0. The lowest BCUT2D eigenvalue weighted by molar-refractivity contribution is 0.102. The molecule has 4 aromatic rings. The smallest absolute Gasteiger partial charge is 0.256 e. The first-order valence-electron chi connectivity index (χ1n) is 10.9. The van der Waals surface area contributed by atoms with E-state index in [1.807, 2.05) is 32.0 Å². The van der Waals surface area contributed by atoms with Gasteiger partial charge in [-0.15, -0.1) is 0 Å². The van der Waals surface area contributed by atoms with Gasteiger partial charge in [0.25, 0.3) is 5.91 Å². The number of anilines is 1. The third-order valence-electron chi connectivity index (χ3n) is 5.44. The van der Waals surface area contributed by atoms with Gasteiger partial charge >= 0.3 is 0 Å². The second-order valence-electron chi connectivity index (χ2n) is 8.03. The van der Waals surface area contributed by atoms with Crippen molar-refractivity contribution in [2.24, 2.45) is 0 Å². The Kier molecular flexibility index (Phi) is 6.92. The molecule has 6 nitrogen and oxygen atoms in total. The third-order valence-corrected chi connectivity index (χ3v) is 5.44. The van der Waals surface area contributed by atoms with Gasteiger partial charge in [-0.2, -0.15) is 5.10 Å². The number of carbonyl (C=O) groups excluding carboxylic acids is 1. The van der Waals surface area contributed by atoms with E-state index in [0.717, 1.165) is 22.4 Å². The number of halogens is 1. The predicted molar refractivity (Wildman–Crippen MR) is 129 cm³/mol. The van der Waals surface area contributed by atoms with Crippen molar-refractivity contribution >= 4 is 11.7 Å². The van der Waals surface area contributed by atoms with E-state index in [0.29, 0.717) is 22.7 Å². The third kappa shape index (κ3) is 5.43. The van der Waals surface area contributed by atoms with Crippen LogP contribution in [0.1, 0.15) is 32.6 Å². The Morgan fingerprint density at radius 2 is 1.82 bits per heavy atom. The zero-order chi connectivity index (χ0) is 24.1. The molecule has 0 saturated carbocycles. The number of aryl methyl sites for hydroxylation is 2. The van der Waals surface area contributed by atoms with Crippen LogP contribution < -0.4 is 14.8 Å². The summed E-state index contributed by atoms with van der Waals surface area (Å²) in [6.45, 7) is 4.52. The van der Waals surface area contributed by atoms with Crippen molar-refractivity contribution in [1.29, 1.82) is 0 Å². The highest BCUT2D eigenvalue weighted by Crippen LogP contribution is 2.25. The highest BCUT2D eigenvalue weighted by molar-refractivity contribution is 6.04. The molecule has 1 aromatic heterocycles. The summed E-state index contributed by atoms with van der Waals surface area (Å²) < 4.78 is 26.9. The Balaban J connectivity index is 1.46. The van der Waals surface area contributed by atoms with E-state index < -0.39 is 0 Å². The van der Waals surface area contributed by atoms with Gasteiger partial charge in [0.05, 0.1) is 13.7 Å². The topological polar surface area (TPSA) is 65.4 Å². The van der Waals surface area contributed by atoms with E-state index in [9.17, 15) is 9.18 Å². The molecule has 34 heavy (non-hydrogen) atoms. The minimum absolute atomic E-state index is 0.256. The quantitative estimate of drug-likeness (QED) is 0.376. The number of hydrogen-bond acceptors (Lipinski definition) is 4. The van der Waals surface area contributed by atoms with Gasteiger partial charge in [-0.1, -0.05) is 30.3 Å². The van der Waals surface area contributed by atoms with Crippen LogP contribution in [0.25, 0.3) is 0 Å². The summed E-state index contributed by atoms with van der Waals surface area (Å²) in [4.78, 5) is 12.9. The fourth-order valence-corrected chi connectivity index (χ4v) is 3.56. The predicted octanol–water partition coefficient (Wildman–Crippen LogP) is 5.53. The second-order valence-corrected chi connectivity index (χ2v) is 8.03. The molecular weight excluding hydrogens is 433 g/mol. The minimum Gasteiger partial charge on any atom is -0.496 e. The number of carbonyl (C=O) groups is 1.